The number of nitrogens with zero attached hydrogens (tertiary/aromatic N) is 1. The Bertz CT molecular complexity index is 842. The van der Waals surface area contributed by atoms with Gasteiger partial charge in [-0.2, -0.15) is 0 Å². The van der Waals surface area contributed by atoms with Crippen molar-refractivity contribution in [1.29, 1.82) is 0 Å². The van der Waals surface area contributed by atoms with Crippen molar-refractivity contribution in [3.05, 3.63) is 53.6 Å². The Morgan fingerprint density at radius 2 is 2.28 bits per heavy atom. The highest BCUT2D eigenvalue weighted by Crippen LogP contribution is 2.72. The minimum Gasteiger partial charge on any atom is -0.508 e. The first-order valence-electron chi connectivity index (χ1n) is 8.41. The molecular weight excluding hydrogens is 318 g/mol. The first-order valence-corrected chi connectivity index (χ1v) is 8.41. The maximum atomic E-state index is 11.5. The monoisotopic (exact) mass is 339 g/mol. The molecule has 0 aromatic carbocycles. The fourth-order valence-corrected chi connectivity index (χ4v) is 3.54. The second kappa shape index (κ2) is 5.46. The van der Waals surface area contributed by atoms with Crippen LogP contribution in [-0.2, 0) is 11.2 Å². The summed E-state index contributed by atoms with van der Waals surface area (Å²) in [6, 6.07) is 1.77. The number of amides is 1. The Morgan fingerprint density at radius 1 is 1.52 bits per heavy atom. The summed E-state index contributed by atoms with van der Waals surface area (Å²) < 4.78 is 5.86. The molecule has 1 aliphatic heterocycles. The van der Waals surface area contributed by atoms with Crippen molar-refractivity contribution in [1.82, 2.24) is 4.98 Å². The molecule has 3 aliphatic rings. The largest absolute Gasteiger partial charge is 0.508 e. The molecule has 2 heterocycles. The van der Waals surface area contributed by atoms with Crippen molar-refractivity contribution in [3.8, 4) is 5.75 Å². The van der Waals surface area contributed by atoms with Gasteiger partial charge in [-0.15, -0.1) is 0 Å². The van der Waals surface area contributed by atoms with Crippen LogP contribution in [0.5, 0.6) is 5.75 Å². The molecule has 0 spiro atoms. The average molecular weight is 339 g/mol. The number of anilines is 1. The molecule has 2 saturated carbocycles. The van der Waals surface area contributed by atoms with Crippen LogP contribution in [0.3, 0.4) is 0 Å². The SMILES string of the molecule is C=C(/C(O)=C\C=C(/C)Oc1ccnc2c1CCC(=O)N2)[C@@H]1[C@@H]2C[C@@]12N. The van der Waals surface area contributed by atoms with Crippen molar-refractivity contribution >= 4 is 11.7 Å². The number of carbonyl (C=O) groups is 1. The second-order valence-corrected chi connectivity index (χ2v) is 7.04. The number of hydrogen-bond acceptors (Lipinski definition) is 5. The van der Waals surface area contributed by atoms with Crippen LogP contribution >= 0.6 is 0 Å². The average Bonchev–Trinajstić information content (AvgIpc) is 3.40. The maximum Gasteiger partial charge on any atom is 0.225 e. The van der Waals surface area contributed by atoms with Gasteiger partial charge >= 0.3 is 0 Å². The molecule has 0 bridgehead atoms. The number of aromatic nitrogens is 1. The number of rotatable bonds is 5. The van der Waals surface area contributed by atoms with Gasteiger partial charge in [0.25, 0.3) is 0 Å². The molecule has 25 heavy (non-hydrogen) atoms. The van der Waals surface area contributed by atoms with Crippen LogP contribution < -0.4 is 15.8 Å². The Balaban J connectivity index is 1.45. The quantitative estimate of drug-likeness (QED) is 0.566. The minimum atomic E-state index is -0.102. The summed E-state index contributed by atoms with van der Waals surface area (Å²) >= 11 is 0. The lowest BCUT2D eigenvalue weighted by atomic mass is 10.0. The van der Waals surface area contributed by atoms with Gasteiger partial charge in [0.15, 0.2) is 0 Å². The summed E-state index contributed by atoms with van der Waals surface area (Å²) in [4.78, 5) is 15.6. The van der Waals surface area contributed by atoms with Gasteiger partial charge in [-0.1, -0.05) is 6.58 Å². The summed E-state index contributed by atoms with van der Waals surface area (Å²) in [5.74, 6) is 2.66. The first-order chi connectivity index (χ1) is 11.9. The number of aliphatic hydroxyl groups excluding tert-OH is 1. The molecule has 6 nitrogen and oxygen atoms in total. The summed E-state index contributed by atoms with van der Waals surface area (Å²) in [7, 11) is 0. The molecule has 0 radical (unpaired) electrons. The Kier molecular flexibility index (Phi) is 3.47. The zero-order valence-electron chi connectivity index (χ0n) is 14.1. The number of allylic oxidation sites excluding steroid dienone is 4. The highest BCUT2D eigenvalue weighted by molar-refractivity contribution is 5.93. The van der Waals surface area contributed by atoms with Crippen LogP contribution in [0.4, 0.5) is 5.82 Å². The standard InChI is InChI=1S/C19H21N3O3/c1-10(3-5-14(23)11(2)17-13-9-19(13,17)20)25-15-7-8-21-18-12(15)4-6-16(24)22-18/h3,5,7-8,13,17,23H,2,4,6,9,20H2,1H3,(H,21,22,24)/b10-3+,14-5+/t13-,17+,19-/m0/s1. The van der Waals surface area contributed by atoms with Crippen molar-refractivity contribution in [2.24, 2.45) is 17.6 Å². The zero-order valence-corrected chi connectivity index (χ0v) is 14.1. The third-order valence-electron chi connectivity index (χ3n) is 5.30. The van der Waals surface area contributed by atoms with E-state index >= 15 is 0 Å². The summed E-state index contributed by atoms with van der Waals surface area (Å²) in [5.41, 5.74) is 7.56. The summed E-state index contributed by atoms with van der Waals surface area (Å²) in [6.45, 7) is 5.76. The van der Waals surface area contributed by atoms with Crippen molar-refractivity contribution in [2.45, 2.75) is 31.7 Å². The van der Waals surface area contributed by atoms with Gasteiger partial charge in [0.05, 0.1) is 0 Å². The van der Waals surface area contributed by atoms with Crippen LogP contribution in [0.15, 0.2) is 48.1 Å². The molecule has 130 valence electrons. The summed E-state index contributed by atoms with van der Waals surface area (Å²) in [6.07, 6.45) is 6.94. The van der Waals surface area contributed by atoms with Gasteiger partial charge in [-0.3, -0.25) is 4.79 Å². The van der Waals surface area contributed by atoms with E-state index in [0.717, 1.165) is 12.0 Å². The number of ether oxygens (including phenoxy) is 1. The van der Waals surface area contributed by atoms with E-state index in [0.29, 0.717) is 41.7 Å². The van der Waals surface area contributed by atoms with Crippen LogP contribution in [0.2, 0.25) is 0 Å². The normalized spacial score (nSPS) is 30.1. The third kappa shape index (κ3) is 2.72. The molecule has 1 aromatic rings. The molecule has 4 N–H and O–H groups in total. The van der Waals surface area contributed by atoms with E-state index in [-0.39, 0.29) is 23.1 Å². The topological polar surface area (TPSA) is 97.5 Å². The molecule has 1 amide bonds. The van der Waals surface area contributed by atoms with E-state index in [4.69, 9.17) is 10.5 Å². The molecule has 3 atom stereocenters. The van der Waals surface area contributed by atoms with Crippen LogP contribution in [0.1, 0.15) is 25.3 Å². The van der Waals surface area contributed by atoms with E-state index in [1.807, 2.05) is 0 Å². The Morgan fingerprint density at radius 3 is 2.96 bits per heavy atom. The van der Waals surface area contributed by atoms with Crippen LogP contribution in [0, 0.1) is 11.8 Å². The number of nitrogens with one attached hydrogen (secondary N) is 1. The van der Waals surface area contributed by atoms with Gasteiger partial charge in [0.1, 0.15) is 23.1 Å². The molecule has 2 fully saturated rings. The fraction of sp³-hybridized carbons (Fsp3) is 0.368. The third-order valence-corrected chi connectivity index (χ3v) is 5.30. The van der Waals surface area contributed by atoms with E-state index in [2.05, 4.69) is 16.9 Å². The Hall–Kier alpha value is -2.60. The lowest BCUT2D eigenvalue weighted by Gasteiger charge is -2.18. The fourth-order valence-electron chi connectivity index (χ4n) is 3.54. The number of carbonyl (C=O) groups excluding carboxylic acids is 1. The highest BCUT2D eigenvalue weighted by Gasteiger charge is 2.77. The number of aliphatic hydroxyl groups is 1. The number of hydrogen-bond donors (Lipinski definition) is 3. The molecule has 4 rings (SSSR count). The van der Waals surface area contributed by atoms with Crippen LogP contribution in [0.25, 0.3) is 0 Å². The van der Waals surface area contributed by atoms with Gasteiger partial charge in [-0.05, 0) is 49.5 Å². The number of fused-ring (bicyclic) bond motifs is 2. The molecule has 2 aliphatic carbocycles. The lowest BCUT2D eigenvalue weighted by molar-refractivity contribution is -0.116. The summed E-state index contributed by atoms with van der Waals surface area (Å²) in [5, 5.41) is 12.9. The predicted octanol–water partition coefficient (Wildman–Crippen LogP) is 2.59. The maximum absolute atomic E-state index is 11.5. The van der Waals surface area contributed by atoms with Crippen LogP contribution in [-0.4, -0.2) is 21.5 Å². The molecule has 0 saturated heterocycles. The van der Waals surface area contributed by atoms with Gasteiger partial charge in [-0.25, -0.2) is 4.98 Å². The number of pyridine rings is 1. The molecule has 0 unspecified atom stereocenters. The second-order valence-electron chi connectivity index (χ2n) is 7.04. The molecule has 6 heteroatoms. The lowest BCUT2D eigenvalue weighted by Crippen LogP contribution is -2.20. The predicted molar refractivity (Wildman–Crippen MR) is 93.9 cm³/mol. The minimum absolute atomic E-state index is 0.0356. The number of nitrogens with two attached hydrogens (primary N) is 1. The van der Waals surface area contributed by atoms with Crippen molar-refractivity contribution in [2.75, 3.05) is 5.32 Å². The molecule has 1 aromatic heterocycles. The first kappa shape index (κ1) is 15.9. The smallest absolute Gasteiger partial charge is 0.225 e. The molecular formula is C19H21N3O3. The van der Waals surface area contributed by atoms with E-state index < -0.39 is 0 Å². The van der Waals surface area contributed by atoms with Gasteiger partial charge in [0.2, 0.25) is 5.91 Å². The zero-order chi connectivity index (χ0) is 17.8. The Labute approximate surface area is 146 Å². The van der Waals surface area contributed by atoms with E-state index in [1.54, 1.807) is 31.3 Å². The highest BCUT2D eigenvalue weighted by atomic mass is 16.5. The van der Waals surface area contributed by atoms with Gasteiger partial charge in [0, 0.05) is 29.6 Å². The van der Waals surface area contributed by atoms with Crippen molar-refractivity contribution < 1.29 is 14.6 Å². The van der Waals surface area contributed by atoms with Crippen molar-refractivity contribution in [3.63, 3.8) is 0 Å². The van der Waals surface area contributed by atoms with Gasteiger partial charge < -0.3 is 20.9 Å². The van der Waals surface area contributed by atoms with E-state index in [9.17, 15) is 9.90 Å². The van der Waals surface area contributed by atoms with E-state index in [1.165, 1.54) is 0 Å².